The molecule has 19 heavy (non-hydrogen) atoms. The molecular weight excluding hydrogens is 266 g/mol. The van der Waals surface area contributed by atoms with E-state index in [0.29, 0.717) is 21.3 Å². The Bertz CT molecular complexity index is 603. The van der Waals surface area contributed by atoms with E-state index >= 15 is 0 Å². The van der Waals surface area contributed by atoms with Crippen molar-refractivity contribution in [2.45, 2.75) is 6.92 Å². The number of anilines is 1. The minimum Gasteiger partial charge on any atom is -0.344 e. The number of hydrogen-bond acceptors (Lipinski definition) is 5. The number of hydrogen-bond donors (Lipinski definition) is 2. The number of aromatic nitrogens is 3. The average molecular weight is 279 g/mol. The molecule has 0 saturated heterocycles. The van der Waals surface area contributed by atoms with Gasteiger partial charge in [-0.2, -0.15) is 5.10 Å². The average Bonchev–Trinajstić information content (AvgIpc) is 2.97. The summed E-state index contributed by atoms with van der Waals surface area (Å²) in [4.78, 5) is 29.8. The number of nitrogens with zero attached hydrogens (tertiary/aromatic N) is 3. The summed E-state index contributed by atoms with van der Waals surface area (Å²) in [5.74, 6) is -0.440. The highest BCUT2D eigenvalue weighted by atomic mass is 32.1. The van der Waals surface area contributed by atoms with Crippen LogP contribution in [0, 0.1) is 6.92 Å². The maximum atomic E-state index is 11.9. The van der Waals surface area contributed by atoms with Crippen LogP contribution in [0.3, 0.4) is 0 Å². The van der Waals surface area contributed by atoms with Crippen molar-refractivity contribution < 1.29 is 9.59 Å². The minimum atomic E-state index is -0.314. The van der Waals surface area contributed by atoms with E-state index in [-0.39, 0.29) is 11.8 Å². The molecule has 0 saturated carbocycles. The number of aromatic amines is 1. The summed E-state index contributed by atoms with van der Waals surface area (Å²) in [6, 6.07) is 0. The van der Waals surface area contributed by atoms with Crippen LogP contribution in [0.25, 0.3) is 0 Å². The zero-order chi connectivity index (χ0) is 14.0. The Hall–Kier alpha value is -2.22. The molecule has 7 nitrogen and oxygen atoms in total. The summed E-state index contributed by atoms with van der Waals surface area (Å²) in [7, 11) is 3.34. The Morgan fingerprint density at radius 3 is 2.74 bits per heavy atom. The van der Waals surface area contributed by atoms with E-state index in [9.17, 15) is 9.59 Å². The number of carbonyl (C=O) groups is 2. The molecule has 0 atom stereocenters. The predicted molar refractivity (Wildman–Crippen MR) is 71.4 cm³/mol. The lowest BCUT2D eigenvalue weighted by Crippen LogP contribution is -2.21. The summed E-state index contributed by atoms with van der Waals surface area (Å²) in [5, 5.41) is 9.29. The summed E-state index contributed by atoms with van der Waals surface area (Å²) in [6.45, 7) is 1.74. The van der Waals surface area contributed by atoms with Gasteiger partial charge in [-0.05, 0) is 6.92 Å². The van der Waals surface area contributed by atoms with E-state index in [1.165, 1.54) is 17.3 Å². The highest BCUT2D eigenvalue weighted by Crippen LogP contribution is 2.23. The van der Waals surface area contributed by atoms with Gasteiger partial charge < -0.3 is 4.90 Å². The molecule has 0 bridgehead atoms. The molecule has 0 fully saturated rings. The Balaban J connectivity index is 2.17. The predicted octanol–water partition coefficient (Wildman–Crippen LogP) is 1.13. The lowest BCUT2D eigenvalue weighted by molar-refractivity contribution is 0.0831. The van der Waals surface area contributed by atoms with Crippen LogP contribution < -0.4 is 5.32 Å². The highest BCUT2D eigenvalue weighted by Gasteiger charge is 2.18. The van der Waals surface area contributed by atoms with Gasteiger partial charge in [0.2, 0.25) is 0 Å². The largest absolute Gasteiger partial charge is 0.344 e. The van der Waals surface area contributed by atoms with Gasteiger partial charge in [0.1, 0.15) is 4.88 Å². The van der Waals surface area contributed by atoms with Crippen LogP contribution in [0.4, 0.5) is 5.13 Å². The fourth-order valence-electron chi connectivity index (χ4n) is 1.40. The smallest absolute Gasteiger partial charge is 0.265 e. The third-order valence-corrected chi connectivity index (χ3v) is 3.44. The van der Waals surface area contributed by atoms with Crippen molar-refractivity contribution in [3.05, 3.63) is 28.5 Å². The fourth-order valence-corrected chi connectivity index (χ4v) is 2.38. The Labute approximate surface area is 113 Å². The summed E-state index contributed by atoms with van der Waals surface area (Å²) < 4.78 is 0. The van der Waals surface area contributed by atoms with Gasteiger partial charge in [-0.1, -0.05) is 11.3 Å². The van der Waals surface area contributed by atoms with Crippen LogP contribution in [-0.2, 0) is 0 Å². The number of aryl methyl sites for hydroxylation is 1. The van der Waals surface area contributed by atoms with Crippen LogP contribution in [0.2, 0.25) is 0 Å². The number of H-pyrrole nitrogens is 1. The van der Waals surface area contributed by atoms with Gasteiger partial charge in [-0.3, -0.25) is 20.0 Å². The van der Waals surface area contributed by atoms with Gasteiger partial charge >= 0.3 is 0 Å². The van der Waals surface area contributed by atoms with Gasteiger partial charge in [0, 0.05) is 20.3 Å². The van der Waals surface area contributed by atoms with Crippen LogP contribution in [0.15, 0.2) is 12.4 Å². The van der Waals surface area contributed by atoms with E-state index in [0.717, 1.165) is 11.3 Å². The molecule has 0 aliphatic carbocycles. The molecule has 2 rings (SSSR count). The Morgan fingerprint density at radius 2 is 2.16 bits per heavy atom. The van der Waals surface area contributed by atoms with Crippen molar-refractivity contribution >= 4 is 28.3 Å². The molecule has 0 aliphatic heterocycles. The SMILES string of the molecule is Cc1nc(NC(=O)c2cn[nH]c2)sc1C(=O)N(C)C. The van der Waals surface area contributed by atoms with E-state index in [2.05, 4.69) is 20.5 Å². The maximum Gasteiger partial charge on any atom is 0.265 e. The van der Waals surface area contributed by atoms with Crippen molar-refractivity contribution in [3.8, 4) is 0 Å². The molecule has 2 aromatic heterocycles. The second-order valence-electron chi connectivity index (χ2n) is 4.07. The fraction of sp³-hybridized carbons (Fsp3) is 0.273. The zero-order valence-corrected chi connectivity index (χ0v) is 11.5. The first kappa shape index (κ1) is 13.2. The van der Waals surface area contributed by atoms with Gasteiger partial charge in [0.25, 0.3) is 11.8 Å². The van der Waals surface area contributed by atoms with Crippen LogP contribution in [-0.4, -0.2) is 46.0 Å². The highest BCUT2D eigenvalue weighted by molar-refractivity contribution is 7.17. The topological polar surface area (TPSA) is 91.0 Å². The lowest BCUT2D eigenvalue weighted by Gasteiger charge is -2.07. The van der Waals surface area contributed by atoms with Crippen LogP contribution >= 0.6 is 11.3 Å². The number of nitrogens with one attached hydrogen (secondary N) is 2. The maximum absolute atomic E-state index is 11.9. The van der Waals surface area contributed by atoms with Crippen molar-refractivity contribution in [1.29, 1.82) is 0 Å². The lowest BCUT2D eigenvalue weighted by atomic mass is 10.3. The number of thiazole rings is 1. The summed E-state index contributed by atoms with van der Waals surface area (Å²) in [6.07, 6.45) is 2.91. The molecule has 2 N–H and O–H groups in total. The van der Waals surface area contributed by atoms with Crippen molar-refractivity contribution in [2.75, 3.05) is 19.4 Å². The third kappa shape index (κ3) is 2.79. The molecular formula is C11H13N5O2S. The van der Waals surface area contributed by atoms with Gasteiger partial charge in [-0.25, -0.2) is 4.98 Å². The van der Waals surface area contributed by atoms with Crippen LogP contribution in [0.5, 0.6) is 0 Å². The van der Waals surface area contributed by atoms with Gasteiger partial charge in [-0.15, -0.1) is 0 Å². The second kappa shape index (κ2) is 5.19. The molecule has 2 heterocycles. The molecule has 0 aliphatic rings. The monoisotopic (exact) mass is 279 g/mol. The Kier molecular flexibility index (Phi) is 3.61. The molecule has 0 spiro atoms. The Morgan fingerprint density at radius 1 is 1.42 bits per heavy atom. The van der Waals surface area contributed by atoms with Crippen molar-refractivity contribution in [3.63, 3.8) is 0 Å². The molecule has 2 aromatic rings. The van der Waals surface area contributed by atoms with E-state index in [1.54, 1.807) is 21.0 Å². The molecule has 0 aromatic carbocycles. The number of amides is 2. The van der Waals surface area contributed by atoms with Gasteiger partial charge in [0.15, 0.2) is 5.13 Å². The van der Waals surface area contributed by atoms with E-state index in [4.69, 9.17) is 0 Å². The van der Waals surface area contributed by atoms with Crippen LogP contribution in [0.1, 0.15) is 25.7 Å². The van der Waals surface area contributed by atoms with Crippen molar-refractivity contribution in [1.82, 2.24) is 20.1 Å². The molecule has 8 heteroatoms. The molecule has 0 radical (unpaired) electrons. The van der Waals surface area contributed by atoms with E-state index in [1.807, 2.05) is 0 Å². The van der Waals surface area contributed by atoms with Crippen molar-refractivity contribution in [2.24, 2.45) is 0 Å². The first-order chi connectivity index (χ1) is 8.99. The summed E-state index contributed by atoms with van der Waals surface area (Å²) in [5.41, 5.74) is 1.01. The standard InChI is InChI=1S/C11H13N5O2S/c1-6-8(10(18)16(2)3)19-11(14-6)15-9(17)7-4-12-13-5-7/h4-5H,1-3H3,(H,12,13)(H,14,15,17). The first-order valence-electron chi connectivity index (χ1n) is 5.48. The summed E-state index contributed by atoms with van der Waals surface area (Å²) >= 11 is 1.16. The molecule has 2 amide bonds. The normalized spacial score (nSPS) is 10.3. The number of rotatable bonds is 3. The van der Waals surface area contributed by atoms with Gasteiger partial charge in [0.05, 0.1) is 17.5 Å². The number of carbonyl (C=O) groups excluding carboxylic acids is 2. The molecule has 100 valence electrons. The molecule has 0 unspecified atom stereocenters. The second-order valence-corrected chi connectivity index (χ2v) is 5.07. The zero-order valence-electron chi connectivity index (χ0n) is 10.7. The van der Waals surface area contributed by atoms with E-state index < -0.39 is 0 Å². The third-order valence-electron chi connectivity index (χ3n) is 2.38. The quantitative estimate of drug-likeness (QED) is 0.881. The first-order valence-corrected chi connectivity index (χ1v) is 6.30. The minimum absolute atomic E-state index is 0.126.